The largest absolute Gasteiger partial charge is 0.349 e. The second-order valence-corrected chi connectivity index (χ2v) is 4.70. The van der Waals surface area contributed by atoms with Gasteiger partial charge in [0.2, 0.25) is 0 Å². The molecule has 1 aromatic carbocycles. The maximum Gasteiger partial charge on any atom is 0.193 e. The number of nitrogens with zero attached hydrogens (tertiary/aromatic N) is 1. The summed E-state index contributed by atoms with van der Waals surface area (Å²) in [4.78, 5) is 0. The summed E-state index contributed by atoms with van der Waals surface area (Å²) in [6, 6.07) is 12.1. The van der Waals surface area contributed by atoms with Gasteiger partial charge in [-0.05, 0) is 6.42 Å². The van der Waals surface area contributed by atoms with E-state index in [1.54, 1.807) is 11.8 Å². The van der Waals surface area contributed by atoms with Crippen LogP contribution in [0.3, 0.4) is 0 Å². The van der Waals surface area contributed by atoms with Crippen LogP contribution in [0.15, 0.2) is 46.0 Å². The molecule has 1 heterocycles. The first-order valence-corrected chi connectivity index (χ1v) is 6.53. The van der Waals surface area contributed by atoms with E-state index in [1.165, 1.54) is 12.8 Å². The molecular formula is C13H15NOS. The summed E-state index contributed by atoms with van der Waals surface area (Å²) >= 11 is 1.73. The van der Waals surface area contributed by atoms with Gasteiger partial charge in [-0.15, -0.1) is 0 Å². The number of thioether (sulfide) groups is 1. The van der Waals surface area contributed by atoms with Crippen LogP contribution in [0.1, 0.15) is 19.8 Å². The van der Waals surface area contributed by atoms with Crippen molar-refractivity contribution < 1.29 is 4.52 Å². The molecule has 0 aliphatic heterocycles. The van der Waals surface area contributed by atoms with E-state index >= 15 is 0 Å². The lowest BCUT2D eigenvalue weighted by Gasteiger charge is -1.92. The van der Waals surface area contributed by atoms with Gasteiger partial charge in [0.25, 0.3) is 0 Å². The van der Waals surface area contributed by atoms with Gasteiger partial charge in [0.1, 0.15) is 5.69 Å². The normalized spacial score (nSPS) is 10.6. The van der Waals surface area contributed by atoms with E-state index in [0.717, 1.165) is 22.1 Å². The summed E-state index contributed by atoms with van der Waals surface area (Å²) in [7, 11) is 0. The molecule has 0 fully saturated rings. The Kier molecular flexibility index (Phi) is 4.05. The van der Waals surface area contributed by atoms with Gasteiger partial charge in [-0.25, -0.2) is 0 Å². The highest BCUT2D eigenvalue weighted by molar-refractivity contribution is 7.99. The molecule has 3 heteroatoms. The summed E-state index contributed by atoms with van der Waals surface area (Å²) in [6.07, 6.45) is 2.43. The molecule has 16 heavy (non-hydrogen) atoms. The Morgan fingerprint density at radius 2 is 2.06 bits per heavy atom. The fourth-order valence-electron chi connectivity index (χ4n) is 1.39. The van der Waals surface area contributed by atoms with Crippen LogP contribution in [0.2, 0.25) is 0 Å². The van der Waals surface area contributed by atoms with Gasteiger partial charge in [0.15, 0.2) is 5.09 Å². The zero-order valence-electron chi connectivity index (χ0n) is 9.35. The lowest BCUT2D eigenvalue weighted by Crippen LogP contribution is -1.75. The molecule has 1 aromatic heterocycles. The number of aromatic nitrogens is 1. The van der Waals surface area contributed by atoms with E-state index in [2.05, 4.69) is 12.1 Å². The quantitative estimate of drug-likeness (QED) is 0.571. The molecule has 2 nitrogen and oxygen atoms in total. The fourth-order valence-corrected chi connectivity index (χ4v) is 2.31. The minimum Gasteiger partial charge on any atom is -0.349 e. The average molecular weight is 233 g/mol. The summed E-state index contributed by atoms with van der Waals surface area (Å²) in [5, 5.41) is 4.98. The minimum absolute atomic E-state index is 0.910. The van der Waals surface area contributed by atoms with E-state index in [9.17, 15) is 0 Å². The Morgan fingerprint density at radius 3 is 2.81 bits per heavy atom. The molecule has 0 aliphatic rings. The first-order chi connectivity index (χ1) is 7.90. The van der Waals surface area contributed by atoms with Crippen LogP contribution in [0, 0.1) is 0 Å². The highest BCUT2D eigenvalue weighted by Gasteiger charge is 2.05. The average Bonchev–Trinajstić information content (AvgIpc) is 2.79. The van der Waals surface area contributed by atoms with Crippen molar-refractivity contribution >= 4 is 11.8 Å². The molecule has 0 unspecified atom stereocenters. The second-order valence-electron chi connectivity index (χ2n) is 3.60. The Bertz CT molecular complexity index is 425. The van der Waals surface area contributed by atoms with E-state index in [1.807, 2.05) is 36.4 Å². The van der Waals surface area contributed by atoms with Crippen molar-refractivity contribution in [2.45, 2.75) is 24.9 Å². The topological polar surface area (TPSA) is 26.0 Å². The standard InChI is InChI=1S/C13H15NOS/c1-2-3-9-16-13-10-12(14-15-13)11-7-5-4-6-8-11/h4-8,10H,2-3,9H2,1H3. The molecule has 0 saturated carbocycles. The van der Waals surface area contributed by atoms with Crippen molar-refractivity contribution in [2.75, 3.05) is 5.75 Å². The van der Waals surface area contributed by atoms with Crippen LogP contribution in [0.25, 0.3) is 11.3 Å². The molecule has 2 rings (SSSR count). The zero-order chi connectivity index (χ0) is 11.2. The molecule has 0 bridgehead atoms. The smallest absolute Gasteiger partial charge is 0.193 e. The second kappa shape index (κ2) is 5.75. The van der Waals surface area contributed by atoms with Crippen LogP contribution in [0.5, 0.6) is 0 Å². The third-order valence-corrected chi connectivity index (χ3v) is 3.27. The molecule has 84 valence electrons. The lowest BCUT2D eigenvalue weighted by atomic mass is 10.2. The van der Waals surface area contributed by atoms with Gasteiger partial charge in [-0.1, -0.05) is 60.6 Å². The van der Waals surface area contributed by atoms with E-state index < -0.39 is 0 Å². The first kappa shape index (κ1) is 11.3. The van der Waals surface area contributed by atoms with Crippen LogP contribution >= 0.6 is 11.8 Å². The molecule has 0 atom stereocenters. The van der Waals surface area contributed by atoms with Crippen molar-refractivity contribution in [3.63, 3.8) is 0 Å². The third-order valence-electron chi connectivity index (χ3n) is 2.30. The zero-order valence-corrected chi connectivity index (χ0v) is 10.2. The SMILES string of the molecule is CCCCSc1cc(-c2ccccc2)no1. The van der Waals surface area contributed by atoms with Crippen molar-refractivity contribution in [2.24, 2.45) is 0 Å². The van der Waals surface area contributed by atoms with Gasteiger partial charge in [0, 0.05) is 17.4 Å². The van der Waals surface area contributed by atoms with Crippen LogP contribution in [-0.4, -0.2) is 10.9 Å². The predicted octanol–water partition coefficient (Wildman–Crippen LogP) is 4.23. The highest BCUT2D eigenvalue weighted by Crippen LogP contribution is 2.25. The van der Waals surface area contributed by atoms with Crippen molar-refractivity contribution in [3.8, 4) is 11.3 Å². The lowest BCUT2D eigenvalue weighted by molar-refractivity contribution is 0.351. The van der Waals surface area contributed by atoms with Gasteiger partial charge in [0.05, 0.1) is 0 Å². The van der Waals surface area contributed by atoms with Crippen LogP contribution in [-0.2, 0) is 0 Å². The van der Waals surface area contributed by atoms with Gasteiger partial charge < -0.3 is 4.52 Å². The molecular weight excluding hydrogens is 218 g/mol. The monoisotopic (exact) mass is 233 g/mol. The van der Waals surface area contributed by atoms with Crippen molar-refractivity contribution in [1.29, 1.82) is 0 Å². The minimum atomic E-state index is 0.910. The summed E-state index contributed by atoms with van der Waals surface area (Å²) in [6.45, 7) is 2.19. The number of unbranched alkanes of at least 4 members (excludes halogenated alkanes) is 1. The molecule has 0 N–H and O–H groups in total. The Labute approximate surface area is 100 Å². The number of hydrogen-bond donors (Lipinski definition) is 0. The van der Waals surface area contributed by atoms with E-state index in [4.69, 9.17) is 4.52 Å². The van der Waals surface area contributed by atoms with Gasteiger partial charge >= 0.3 is 0 Å². The predicted molar refractivity (Wildman–Crippen MR) is 67.6 cm³/mol. The number of hydrogen-bond acceptors (Lipinski definition) is 3. The maximum atomic E-state index is 5.28. The van der Waals surface area contributed by atoms with E-state index in [0.29, 0.717) is 0 Å². The molecule has 0 radical (unpaired) electrons. The molecule has 2 aromatic rings. The Hall–Kier alpha value is -1.22. The summed E-state index contributed by atoms with van der Waals surface area (Å²) < 4.78 is 5.28. The van der Waals surface area contributed by atoms with Crippen molar-refractivity contribution in [1.82, 2.24) is 5.16 Å². The van der Waals surface area contributed by atoms with Crippen LogP contribution < -0.4 is 0 Å². The van der Waals surface area contributed by atoms with Crippen molar-refractivity contribution in [3.05, 3.63) is 36.4 Å². The Balaban J connectivity index is 2.02. The summed E-state index contributed by atoms with van der Waals surface area (Å²) in [5.74, 6) is 1.10. The van der Waals surface area contributed by atoms with Gasteiger partial charge in [-0.2, -0.15) is 0 Å². The van der Waals surface area contributed by atoms with Gasteiger partial charge in [-0.3, -0.25) is 0 Å². The molecule has 0 spiro atoms. The Morgan fingerprint density at radius 1 is 1.25 bits per heavy atom. The third kappa shape index (κ3) is 2.89. The fraction of sp³-hybridized carbons (Fsp3) is 0.308. The molecule has 0 aliphatic carbocycles. The van der Waals surface area contributed by atoms with E-state index in [-0.39, 0.29) is 0 Å². The maximum absolute atomic E-state index is 5.28. The number of rotatable bonds is 5. The first-order valence-electron chi connectivity index (χ1n) is 5.55. The van der Waals surface area contributed by atoms with Crippen LogP contribution in [0.4, 0.5) is 0 Å². The molecule has 0 amide bonds. The molecule has 0 saturated heterocycles. The number of benzene rings is 1. The highest BCUT2D eigenvalue weighted by atomic mass is 32.2. The summed E-state index contributed by atoms with van der Waals surface area (Å²) in [5.41, 5.74) is 2.02.